The Hall–Kier alpha value is -3.11. The van der Waals surface area contributed by atoms with Gasteiger partial charge < -0.3 is 9.73 Å². The van der Waals surface area contributed by atoms with Gasteiger partial charge in [-0.3, -0.25) is 4.79 Å². The van der Waals surface area contributed by atoms with Crippen molar-refractivity contribution < 1.29 is 9.21 Å². The first-order valence-electron chi connectivity index (χ1n) is 8.59. The van der Waals surface area contributed by atoms with Gasteiger partial charge in [0.15, 0.2) is 11.5 Å². The third-order valence-electron chi connectivity index (χ3n) is 4.27. The maximum absolute atomic E-state index is 12.6. The van der Waals surface area contributed by atoms with E-state index in [2.05, 4.69) is 10.3 Å². The second-order valence-electron chi connectivity index (χ2n) is 6.39. The van der Waals surface area contributed by atoms with E-state index in [-0.39, 0.29) is 5.91 Å². The number of nitrogens with zero attached hydrogens (tertiary/aromatic N) is 1. The number of hydrogen-bond acceptors (Lipinski definition) is 3. The third-order valence-corrected chi connectivity index (χ3v) is 4.58. The number of aryl methyl sites for hydroxylation is 1. The lowest BCUT2D eigenvalue weighted by molar-refractivity contribution is 0.102. The predicted octanol–water partition coefficient (Wildman–Crippen LogP) is 5.63. The Bertz CT molecular complexity index is 1120. The van der Waals surface area contributed by atoms with Crippen LogP contribution < -0.4 is 5.32 Å². The molecule has 5 heteroatoms. The van der Waals surface area contributed by atoms with Crippen molar-refractivity contribution in [3.05, 3.63) is 94.3 Å². The largest absolute Gasteiger partial charge is 0.440 e. The monoisotopic (exact) mass is 376 g/mol. The highest BCUT2D eigenvalue weighted by molar-refractivity contribution is 6.34. The predicted molar refractivity (Wildman–Crippen MR) is 107 cm³/mol. The first-order valence-corrected chi connectivity index (χ1v) is 8.97. The minimum atomic E-state index is -0.247. The molecule has 1 amide bonds. The zero-order chi connectivity index (χ0) is 18.8. The van der Waals surface area contributed by atoms with Gasteiger partial charge in [0.1, 0.15) is 5.52 Å². The molecule has 27 heavy (non-hydrogen) atoms. The van der Waals surface area contributed by atoms with Crippen LogP contribution >= 0.6 is 11.6 Å². The van der Waals surface area contributed by atoms with Crippen molar-refractivity contribution in [3.63, 3.8) is 0 Å². The summed E-state index contributed by atoms with van der Waals surface area (Å²) < 4.78 is 5.84. The van der Waals surface area contributed by atoms with E-state index in [1.807, 2.05) is 49.4 Å². The summed E-state index contributed by atoms with van der Waals surface area (Å²) >= 11 is 6.19. The molecule has 0 bridgehead atoms. The van der Waals surface area contributed by atoms with Crippen LogP contribution in [-0.2, 0) is 6.42 Å². The molecule has 1 N–H and O–H groups in total. The quantitative estimate of drug-likeness (QED) is 0.502. The van der Waals surface area contributed by atoms with Crippen LogP contribution in [0.4, 0.5) is 5.69 Å². The molecule has 0 atom stereocenters. The summed E-state index contributed by atoms with van der Waals surface area (Å²) in [7, 11) is 0. The first-order chi connectivity index (χ1) is 13.1. The molecular weight excluding hydrogens is 360 g/mol. The molecule has 0 fully saturated rings. The van der Waals surface area contributed by atoms with Crippen molar-refractivity contribution >= 4 is 34.3 Å². The molecule has 1 aromatic heterocycles. The van der Waals surface area contributed by atoms with Crippen LogP contribution in [0.25, 0.3) is 11.1 Å². The van der Waals surface area contributed by atoms with Crippen LogP contribution in [0.5, 0.6) is 0 Å². The minimum Gasteiger partial charge on any atom is -0.440 e. The van der Waals surface area contributed by atoms with Gasteiger partial charge in [0.2, 0.25) is 0 Å². The van der Waals surface area contributed by atoms with Gasteiger partial charge in [0.05, 0.1) is 10.7 Å². The topological polar surface area (TPSA) is 55.1 Å². The lowest BCUT2D eigenvalue weighted by Crippen LogP contribution is -2.12. The molecule has 0 aliphatic rings. The van der Waals surface area contributed by atoms with Crippen LogP contribution in [-0.4, -0.2) is 10.9 Å². The van der Waals surface area contributed by atoms with Crippen LogP contribution in [0.1, 0.15) is 27.4 Å². The third kappa shape index (κ3) is 3.86. The minimum absolute atomic E-state index is 0.247. The number of rotatable bonds is 4. The van der Waals surface area contributed by atoms with E-state index in [4.69, 9.17) is 16.0 Å². The fraction of sp³-hybridized carbons (Fsp3) is 0.0909. The zero-order valence-electron chi connectivity index (χ0n) is 14.7. The SMILES string of the molecule is Cc1ccc(NC(=O)c2ccc3nc(Cc4ccccc4)oc3c2)c(Cl)c1. The van der Waals surface area contributed by atoms with Crippen molar-refractivity contribution in [2.24, 2.45) is 0 Å². The number of halogens is 1. The van der Waals surface area contributed by atoms with E-state index in [0.717, 1.165) is 16.6 Å². The Morgan fingerprint density at radius 1 is 1.07 bits per heavy atom. The number of hydrogen-bond donors (Lipinski definition) is 1. The molecule has 4 aromatic rings. The van der Waals surface area contributed by atoms with E-state index in [1.165, 1.54) is 0 Å². The number of anilines is 1. The Morgan fingerprint density at radius 3 is 2.67 bits per heavy atom. The molecule has 0 aliphatic heterocycles. The van der Waals surface area contributed by atoms with Gasteiger partial charge in [-0.1, -0.05) is 48.0 Å². The lowest BCUT2D eigenvalue weighted by atomic mass is 10.1. The Kier molecular flexibility index (Phi) is 4.65. The molecule has 0 spiro atoms. The summed E-state index contributed by atoms with van der Waals surface area (Å²) in [6, 6.07) is 20.7. The van der Waals surface area contributed by atoms with Gasteiger partial charge in [-0.05, 0) is 48.4 Å². The lowest BCUT2D eigenvalue weighted by Gasteiger charge is -2.07. The van der Waals surface area contributed by atoms with Gasteiger partial charge in [-0.2, -0.15) is 0 Å². The van der Waals surface area contributed by atoms with Crippen molar-refractivity contribution in [3.8, 4) is 0 Å². The van der Waals surface area contributed by atoms with Crippen molar-refractivity contribution in [2.45, 2.75) is 13.3 Å². The van der Waals surface area contributed by atoms with Gasteiger partial charge in [-0.15, -0.1) is 0 Å². The average Bonchev–Trinajstić information content (AvgIpc) is 3.06. The van der Waals surface area contributed by atoms with Crippen molar-refractivity contribution in [1.29, 1.82) is 0 Å². The van der Waals surface area contributed by atoms with E-state index in [1.54, 1.807) is 24.3 Å². The summed E-state index contributed by atoms with van der Waals surface area (Å²) in [5.41, 5.74) is 4.54. The smallest absolute Gasteiger partial charge is 0.255 e. The van der Waals surface area contributed by atoms with Crippen LogP contribution in [0.15, 0.2) is 71.1 Å². The maximum atomic E-state index is 12.6. The number of fused-ring (bicyclic) bond motifs is 1. The fourth-order valence-corrected chi connectivity index (χ4v) is 3.16. The molecular formula is C22H17ClN2O2. The summed E-state index contributed by atoms with van der Waals surface area (Å²) in [6.07, 6.45) is 0.607. The van der Waals surface area contributed by atoms with Crippen molar-refractivity contribution in [2.75, 3.05) is 5.32 Å². The van der Waals surface area contributed by atoms with Crippen molar-refractivity contribution in [1.82, 2.24) is 4.98 Å². The maximum Gasteiger partial charge on any atom is 0.255 e. The molecule has 0 saturated heterocycles. The number of amides is 1. The van der Waals surface area contributed by atoms with Gasteiger partial charge in [-0.25, -0.2) is 4.98 Å². The number of carbonyl (C=O) groups is 1. The highest BCUT2D eigenvalue weighted by atomic mass is 35.5. The summed E-state index contributed by atoms with van der Waals surface area (Å²) in [4.78, 5) is 17.1. The zero-order valence-corrected chi connectivity index (χ0v) is 15.5. The van der Waals surface area contributed by atoms with E-state index in [9.17, 15) is 4.79 Å². The second-order valence-corrected chi connectivity index (χ2v) is 6.80. The first kappa shape index (κ1) is 17.3. The molecule has 4 rings (SSSR count). The molecule has 0 saturated carbocycles. The molecule has 0 aliphatic carbocycles. The van der Waals surface area contributed by atoms with Gasteiger partial charge in [0, 0.05) is 12.0 Å². The Morgan fingerprint density at radius 2 is 1.89 bits per heavy atom. The molecule has 0 unspecified atom stereocenters. The molecule has 0 radical (unpaired) electrons. The Labute approximate surface area is 161 Å². The Balaban J connectivity index is 1.56. The highest BCUT2D eigenvalue weighted by Gasteiger charge is 2.12. The van der Waals surface area contributed by atoms with E-state index in [0.29, 0.717) is 34.2 Å². The number of benzene rings is 3. The second kappa shape index (κ2) is 7.25. The molecule has 134 valence electrons. The standard InChI is InChI=1S/C22H17ClN2O2/c1-14-7-9-18(17(23)11-14)25-22(26)16-8-10-19-20(13-16)27-21(24-19)12-15-5-3-2-4-6-15/h2-11,13H,12H2,1H3,(H,25,26). The summed E-state index contributed by atoms with van der Waals surface area (Å²) in [5.74, 6) is 0.374. The highest BCUT2D eigenvalue weighted by Crippen LogP contribution is 2.24. The van der Waals surface area contributed by atoms with Gasteiger partial charge in [0.25, 0.3) is 5.91 Å². The van der Waals surface area contributed by atoms with Gasteiger partial charge >= 0.3 is 0 Å². The number of aromatic nitrogens is 1. The molecule has 3 aromatic carbocycles. The molecule has 1 heterocycles. The normalized spacial score (nSPS) is 10.9. The fourth-order valence-electron chi connectivity index (χ4n) is 2.88. The van der Waals surface area contributed by atoms with Crippen LogP contribution in [0, 0.1) is 6.92 Å². The summed E-state index contributed by atoms with van der Waals surface area (Å²) in [5, 5.41) is 3.34. The van der Waals surface area contributed by atoms with E-state index >= 15 is 0 Å². The number of oxazole rings is 1. The van der Waals surface area contributed by atoms with Crippen LogP contribution in [0.2, 0.25) is 5.02 Å². The average molecular weight is 377 g/mol. The molecule has 4 nitrogen and oxygen atoms in total. The van der Waals surface area contributed by atoms with Crippen LogP contribution in [0.3, 0.4) is 0 Å². The summed E-state index contributed by atoms with van der Waals surface area (Å²) in [6.45, 7) is 1.95. The number of nitrogens with one attached hydrogen (secondary N) is 1. The van der Waals surface area contributed by atoms with E-state index < -0.39 is 0 Å². The number of carbonyl (C=O) groups excluding carboxylic acids is 1.